The molecule has 0 radical (unpaired) electrons. The Labute approximate surface area is 268 Å². The van der Waals surface area contributed by atoms with E-state index >= 15 is 0 Å². The van der Waals surface area contributed by atoms with Crippen LogP contribution in [0.5, 0.6) is 0 Å². The molecule has 0 aromatic heterocycles. The van der Waals surface area contributed by atoms with Gasteiger partial charge in [0.2, 0.25) is 17.9 Å². The zero-order chi connectivity index (χ0) is 31.4. The van der Waals surface area contributed by atoms with Crippen LogP contribution in [0.1, 0.15) is 131 Å². The standard InChI is InChI=1S/C36H56O9/c1-7-8-9-10-17-34(23(4)27-13-11-21(2)25-15-19-33(6)40-31(41-34)35(25,27)44-43-33)20-24-28-14-12-22(3)26-16-18-32(5)39-30(38-29(24)37)36(26,28)45-42-32/h21-28,30-31H,7-20H2,1-6H3/t21-,22-,23-,24+,25+,26+,27+,28+,30+,31-,32-,33-,34+,35-,36-/m1/s1. The number of rotatable bonds is 7. The fraction of sp³-hybridized carbons (Fsp3) is 0.972. The van der Waals surface area contributed by atoms with Crippen LogP contribution in [0.4, 0.5) is 0 Å². The lowest BCUT2D eigenvalue weighted by atomic mass is 9.52. The van der Waals surface area contributed by atoms with E-state index < -0.39 is 41.0 Å². The second kappa shape index (κ2) is 10.8. The van der Waals surface area contributed by atoms with Crippen LogP contribution in [0.25, 0.3) is 0 Å². The molecule has 10 aliphatic rings. The van der Waals surface area contributed by atoms with Crippen molar-refractivity contribution >= 4 is 5.97 Å². The second-order valence-electron chi connectivity index (χ2n) is 16.8. The Hall–Kier alpha value is -0.810. The number of carbonyl (C=O) groups excluding carboxylic acids is 1. The van der Waals surface area contributed by atoms with Gasteiger partial charge < -0.3 is 18.9 Å². The van der Waals surface area contributed by atoms with Gasteiger partial charge >= 0.3 is 5.97 Å². The molecule has 8 saturated heterocycles. The van der Waals surface area contributed by atoms with Gasteiger partial charge in [0.25, 0.3) is 0 Å². The summed E-state index contributed by atoms with van der Waals surface area (Å²) in [6.45, 7) is 13.2. The van der Waals surface area contributed by atoms with Crippen molar-refractivity contribution in [2.75, 3.05) is 0 Å². The molecule has 8 aliphatic heterocycles. The first-order valence-corrected chi connectivity index (χ1v) is 18.5. The highest BCUT2D eigenvalue weighted by Crippen LogP contribution is 2.66. The first kappa shape index (κ1) is 31.5. The van der Waals surface area contributed by atoms with Crippen molar-refractivity contribution in [2.45, 2.75) is 172 Å². The minimum Gasteiger partial charge on any atom is -0.432 e. The topological polar surface area (TPSA) is 90.9 Å². The van der Waals surface area contributed by atoms with Crippen LogP contribution in [0.2, 0.25) is 0 Å². The molecular weight excluding hydrogens is 576 g/mol. The summed E-state index contributed by atoms with van der Waals surface area (Å²) < 4.78 is 27.0. The Morgan fingerprint density at radius 3 is 1.91 bits per heavy atom. The lowest BCUT2D eigenvalue weighted by Gasteiger charge is -2.65. The third-order valence-corrected chi connectivity index (χ3v) is 14.4. The van der Waals surface area contributed by atoms with Crippen LogP contribution in [-0.4, -0.2) is 46.9 Å². The molecule has 0 aromatic carbocycles. The van der Waals surface area contributed by atoms with Crippen molar-refractivity contribution in [3.63, 3.8) is 0 Å². The van der Waals surface area contributed by atoms with E-state index in [1.54, 1.807) is 0 Å². The van der Waals surface area contributed by atoms with Gasteiger partial charge in [-0.25, -0.2) is 19.6 Å². The quantitative estimate of drug-likeness (QED) is 0.162. The Morgan fingerprint density at radius 2 is 1.27 bits per heavy atom. The number of esters is 1. The average molecular weight is 633 g/mol. The highest BCUT2D eigenvalue weighted by atomic mass is 17.3. The summed E-state index contributed by atoms with van der Waals surface area (Å²) in [6.07, 6.45) is 12.2. The Bertz CT molecular complexity index is 1170. The van der Waals surface area contributed by atoms with Crippen molar-refractivity contribution in [3.05, 3.63) is 0 Å². The number of carbonyl (C=O) groups is 1. The molecule has 15 atom stereocenters. The summed E-state index contributed by atoms with van der Waals surface area (Å²) in [4.78, 5) is 39.5. The highest BCUT2D eigenvalue weighted by Gasteiger charge is 2.74. The third kappa shape index (κ3) is 4.46. The van der Waals surface area contributed by atoms with Crippen molar-refractivity contribution in [3.8, 4) is 0 Å². The average Bonchev–Trinajstić information content (AvgIpc) is 3.38. The predicted octanol–water partition coefficient (Wildman–Crippen LogP) is 7.36. The number of unbranched alkanes of at least 4 members (excludes halogenated alkanes) is 3. The first-order chi connectivity index (χ1) is 21.5. The van der Waals surface area contributed by atoms with Crippen LogP contribution >= 0.6 is 0 Å². The molecule has 0 unspecified atom stereocenters. The van der Waals surface area contributed by atoms with Crippen molar-refractivity contribution < 1.29 is 43.3 Å². The number of hydrogen-bond acceptors (Lipinski definition) is 9. The molecule has 4 bridgehead atoms. The zero-order valence-corrected chi connectivity index (χ0v) is 28.3. The van der Waals surface area contributed by atoms with Crippen molar-refractivity contribution in [2.24, 2.45) is 47.3 Å². The molecule has 2 aliphatic carbocycles. The number of hydrogen-bond donors (Lipinski definition) is 0. The van der Waals surface area contributed by atoms with E-state index in [2.05, 4.69) is 27.7 Å². The maximum Gasteiger partial charge on any atom is 0.311 e. The molecule has 9 nitrogen and oxygen atoms in total. The summed E-state index contributed by atoms with van der Waals surface area (Å²) in [5.74, 6) is -0.622. The van der Waals surface area contributed by atoms with E-state index in [1.165, 1.54) is 12.8 Å². The largest absolute Gasteiger partial charge is 0.432 e. The van der Waals surface area contributed by atoms with Crippen LogP contribution < -0.4 is 0 Å². The second-order valence-corrected chi connectivity index (χ2v) is 16.8. The molecule has 2 saturated carbocycles. The van der Waals surface area contributed by atoms with Gasteiger partial charge in [-0.2, -0.15) is 0 Å². The van der Waals surface area contributed by atoms with Crippen LogP contribution in [0, 0.1) is 47.3 Å². The van der Waals surface area contributed by atoms with E-state index in [9.17, 15) is 4.79 Å². The maximum atomic E-state index is 14.3. The van der Waals surface area contributed by atoms with Crippen LogP contribution in [-0.2, 0) is 43.3 Å². The molecule has 254 valence electrons. The van der Waals surface area contributed by atoms with Gasteiger partial charge in [0.15, 0.2) is 17.5 Å². The fourth-order valence-electron chi connectivity index (χ4n) is 11.8. The van der Waals surface area contributed by atoms with Crippen LogP contribution in [0.15, 0.2) is 0 Å². The van der Waals surface area contributed by atoms with Crippen molar-refractivity contribution in [1.29, 1.82) is 0 Å². The molecule has 0 amide bonds. The summed E-state index contributed by atoms with van der Waals surface area (Å²) in [6, 6.07) is 0. The Kier molecular flexibility index (Phi) is 7.58. The first-order valence-electron chi connectivity index (χ1n) is 18.5. The summed E-state index contributed by atoms with van der Waals surface area (Å²) in [5.41, 5.74) is -2.02. The molecule has 45 heavy (non-hydrogen) atoms. The highest BCUT2D eigenvalue weighted by molar-refractivity contribution is 5.74. The van der Waals surface area contributed by atoms with Gasteiger partial charge in [-0.1, -0.05) is 53.4 Å². The number of ether oxygens (including phenoxy) is 4. The molecule has 2 spiro atoms. The van der Waals surface area contributed by atoms with Crippen LogP contribution in [0.3, 0.4) is 0 Å². The monoisotopic (exact) mass is 632 g/mol. The van der Waals surface area contributed by atoms with E-state index in [-0.39, 0.29) is 35.6 Å². The third-order valence-electron chi connectivity index (χ3n) is 14.4. The van der Waals surface area contributed by atoms with E-state index in [0.717, 1.165) is 70.6 Å². The summed E-state index contributed by atoms with van der Waals surface area (Å²) in [5, 5.41) is 0. The van der Waals surface area contributed by atoms with Gasteiger partial charge in [0, 0.05) is 30.6 Å². The fourth-order valence-corrected chi connectivity index (χ4v) is 11.8. The van der Waals surface area contributed by atoms with Gasteiger partial charge in [-0.05, 0) is 88.9 Å². The van der Waals surface area contributed by atoms with Crippen molar-refractivity contribution in [1.82, 2.24) is 0 Å². The smallest absolute Gasteiger partial charge is 0.311 e. The lowest BCUT2D eigenvalue weighted by Crippen LogP contribution is -2.74. The number of fused-ring (bicyclic) bond motifs is 4. The lowest BCUT2D eigenvalue weighted by molar-refractivity contribution is -0.578. The molecule has 9 heteroatoms. The molecular formula is C36H56O9. The molecule has 10 fully saturated rings. The zero-order valence-electron chi connectivity index (χ0n) is 28.3. The van der Waals surface area contributed by atoms with E-state index in [0.29, 0.717) is 24.2 Å². The van der Waals surface area contributed by atoms with E-state index in [4.69, 9.17) is 38.5 Å². The Balaban J connectivity index is 1.18. The minimum atomic E-state index is -0.899. The van der Waals surface area contributed by atoms with Gasteiger partial charge in [0.1, 0.15) is 0 Å². The normalized spacial score (nSPS) is 56.5. The molecule has 0 aromatic rings. The molecule has 0 N–H and O–H groups in total. The van der Waals surface area contributed by atoms with Gasteiger partial charge in [0.05, 0.1) is 11.5 Å². The minimum absolute atomic E-state index is 0.0745. The summed E-state index contributed by atoms with van der Waals surface area (Å²) in [7, 11) is 0. The molecule has 8 heterocycles. The molecule has 10 rings (SSSR count). The maximum absolute atomic E-state index is 14.3. The van der Waals surface area contributed by atoms with E-state index in [1.807, 2.05) is 13.8 Å². The SMILES string of the molecule is CCCCCC[C@@]1(C[C@@H]2C(=O)O[C@H]3O[C@@]4(C)CC[C@H]5[C@H](C)CC[C@@H]2[C@@]35OO4)O[C@H]2O[C@@]3(C)CC[C@H]4[C@H](C)CC[C@@H]([C@H]1C)[C@@]24OO3. The predicted molar refractivity (Wildman–Crippen MR) is 162 cm³/mol. The van der Waals surface area contributed by atoms with Gasteiger partial charge in [-0.15, -0.1) is 0 Å². The van der Waals surface area contributed by atoms with Gasteiger partial charge in [-0.3, -0.25) is 4.79 Å². The Morgan fingerprint density at radius 1 is 0.667 bits per heavy atom. The summed E-state index contributed by atoms with van der Waals surface area (Å²) >= 11 is 0.